The first kappa shape index (κ1) is 16.8. The largest absolute Gasteiger partial charge is 0.416 e. The summed E-state index contributed by atoms with van der Waals surface area (Å²) in [6, 6.07) is 3.66. The minimum Gasteiger partial charge on any atom is -0.399 e. The third-order valence-corrected chi connectivity index (χ3v) is 3.92. The van der Waals surface area contributed by atoms with E-state index >= 15 is 0 Å². The van der Waals surface area contributed by atoms with Crippen molar-refractivity contribution in [3.8, 4) is 0 Å². The molecular formula is C15H22F3NO. The molecule has 0 amide bonds. The number of halogens is 3. The highest BCUT2D eigenvalue weighted by Crippen LogP contribution is 2.38. The van der Waals surface area contributed by atoms with Crippen LogP contribution < -0.4 is 5.73 Å². The lowest BCUT2D eigenvalue weighted by Crippen LogP contribution is -2.43. The molecule has 0 saturated carbocycles. The second-order valence-corrected chi connectivity index (χ2v) is 6.32. The number of nitrogen functional groups attached to an aromatic ring is 1. The highest BCUT2D eigenvalue weighted by Gasteiger charge is 2.38. The summed E-state index contributed by atoms with van der Waals surface area (Å²) in [6.45, 7) is 7.87. The van der Waals surface area contributed by atoms with Gasteiger partial charge in [0.1, 0.15) is 0 Å². The molecule has 0 aliphatic carbocycles. The predicted molar refractivity (Wildman–Crippen MR) is 74.4 cm³/mol. The van der Waals surface area contributed by atoms with Crippen LogP contribution in [0.4, 0.5) is 18.9 Å². The van der Waals surface area contributed by atoms with Crippen molar-refractivity contribution in [1.82, 2.24) is 0 Å². The van der Waals surface area contributed by atoms with Gasteiger partial charge >= 0.3 is 6.18 Å². The number of nitrogens with two attached hydrogens (primary N) is 1. The number of anilines is 1. The quantitative estimate of drug-likeness (QED) is 0.843. The van der Waals surface area contributed by atoms with Gasteiger partial charge in [0.15, 0.2) is 0 Å². The van der Waals surface area contributed by atoms with Crippen molar-refractivity contribution < 1.29 is 17.9 Å². The zero-order valence-corrected chi connectivity index (χ0v) is 12.6. The molecule has 0 spiro atoms. The Balaban J connectivity index is 3.19. The molecule has 1 rings (SSSR count). The molecule has 114 valence electrons. The van der Waals surface area contributed by atoms with E-state index in [2.05, 4.69) is 0 Å². The number of ether oxygens (including phenoxy) is 1. The molecule has 0 bridgehead atoms. The fourth-order valence-corrected chi connectivity index (χ4v) is 2.02. The fraction of sp³-hybridized carbons (Fsp3) is 0.600. The average molecular weight is 289 g/mol. The highest BCUT2D eigenvalue weighted by molar-refractivity contribution is 5.46. The monoisotopic (exact) mass is 289 g/mol. The second kappa shape index (κ2) is 5.28. The predicted octanol–water partition coefficient (Wildman–Crippen LogP) is 4.28. The van der Waals surface area contributed by atoms with Crippen LogP contribution in [0.1, 0.15) is 38.8 Å². The third-order valence-electron chi connectivity index (χ3n) is 3.92. The lowest BCUT2D eigenvalue weighted by atomic mass is 9.74. The van der Waals surface area contributed by atoms with Gasteiger partial charge < -0.3 is 10.5 Å². The van der Waals surface area contributed by atoms with E-state index in [0.29, 0.717) is 12.0 Å². The maximum absolute atomic E-state index is 12.8. The minimum absolute atomic E-state index is 0.113. The Morgan fingerprint density at radius 2 is 1.60 bits per heavy atom. The summed E-state index contributed by atoms with van der Waals surface area (Å²) in [4.78, 5) is 0. The Morgan fingerprint density at radius 3 is 2.00 bits per heavy atom. The zero-order valence-electron chi connectivity index (χ0n) is 12.6. The third kappa shape index (κ3) is 3.66. The number of benzene rings is 1. The number of hydrogen-bond donors (Lipinski definition) is 1. The van der Waals surface area contributed by atoms with Gasteiger partial charge in [-0.05, 0) is 36.1 Å². The molecule has 2 nitrogen and oxygen atoms in total. The Morgan fingerprint density at radius 1 is 1.05 bits per heavy atom. The van der Waals surface area contributed by atoms with Crippen molar-refractivity contribution in [3.05, 3.63) is 29.3 Å². The SMILES string of the molecule is COC(C)(Cc1cc(N)cc(C(F)(F)F)c1)C(C)(C)C. The van der Waals surface area contributed by atoms with E-state index in [1.54, 1.807) is 13.2 Å². The van der Waals surface area contributed by atoms with Gasteiger partial charge in [-0.1, -0.05) is 20.8 Å². The van der Waals surface area contributed by atoms with E-state index in [1.807, 2.05) is 27.7 Å². The van der Waals surface area contributed by atoms with Crippen molar-refractivity contribution in [2.24, 2.45) is 5.41 Å². The normalized spacial score (nSPS) is 16.0. The van der Waals surface area contributed by atoms with Crippen LogP contribution in [0.5, 0.6) is 0 Å². The number of methoxy groups -OCH3 is 1. The van der Waals surface area contributed by atoms with Gasteiger partial charge in [0.05, 0.1) is 11.2 Å². The molecule has 0 aliphatic heterocycles. The maximum Gasteiger partial charge on any atom is 0.416 e. The lowest BCUT2D eigenvalue weighted by Gasteiger charge is -2.41. The van der Waals surface area contributed by atoms with E-state index in [-0.39, 0.29) is 11.1 Å². The first-order valence-electron chi connectivity index (χ1n) is 6.41. The second-order valence-electron chi connectivity index (χ2n) is 6.32. The van der Waals surface area contributed by atoms with Crippen molar-refractivity contribution in [1.29, 1.82) is 0 Å². The molecule has 1 atom stereocenters. The summed E-state index contributed by atoms with van der Waals surface area (Å²) >= 11 is 0. The molecule has 0 fully saturated rings. The number of rotatable bonds is 3. The average Bonchev–Trinajstić information content (AvgIpc) is 2.25. The Kier molecular flexibility index (Phi) is 4.44. The summed E-state index contributed by atoms with van der Waals surface area (Å²) in [5.74, 6) is 0. The van der Waals surface area contributed by atoms with E-state index in [1.165, 1.54) is 0 Å². The molecule has 0 aliphatic rings. The van der Waals surface area contributed by atoms with Crippen molar-refractivity contribution in [2.75, 3.05) is 12.8 Å². The standard InChI is InChI=1S/C15H22F3NO/c1-13(2,3)14(4,20-5)9-10-6-11(15(16,17)18)8-12(19)7-10/h6-8H,9,19H2,1-5H3. The minimum atomic E-state index is -4.39. The Bertz CT molecular complexity index is 477. The van der Waals surface area contributed by atoms with Crippen LogP contribution in [-0.4, -0.2) is 12.7 Å². The summed E-state index contributed by atoms with van der Waals surface area (Å²) in [6.07, 6.45) is -4.03. The van der Waals surface area contributed by atoms with Gasteiger partial charge in [-0.3, -0.25) is 0 Å². The van der Waals surface area contributed by atoms with Gasteiger partial charge in [0.25, 0.3) is 0 Å². The van der Waals surface area contributed by atoms with Crippen LogP contribution in [0.25, 0.3) is 0 Å². The maximum atomic E-state index is 12.8. The van der Waals surface area contributed by atoms with Crippen molar-refractivity contribution in [3.63, 3.8) is 0 Å². The molecule has 0 radical (unpaired) electrons. The van der Waals surface area contributed by atoms with Gasteiger partial charge in [0.2, 0.25) is 0 Å². The molecule has 5 heteroatoms. The molecule has 20 heavy (non-hydrogen) atoms. The summed E-state index contributed by atoms with van der Waals surface area (Å²) in [7, 11) is 1.57. The van der Waals surface area contributed by atoms with Crippen LogP contribution in [0, 0.1) is 5.41 Å². The Hall–Kier alpha value is -1.23. The number of alkyl halides is 3. The van der Waals surface area contributed by atoms with E-state index in [0.717, 1.165) is 12.1 Å². The van der Waals surface area contributed by atoms with Gasteiger partial charge in [-0.2, -0.15) is 13.2 Å². The molecule has 1 unspecified atom stereocenters. The highest BCUT2D eigenvalue weighted by atomic mass is 19.4. The van der Waals surface area contributed by atoms with E-state index in [9.17, 15) is 13.2 Å². The van der Waals surface area contributed by atoms with Crippen molar-refractivity contribution >= 4 is 5.69 Å². The Labute approximate surface area is 118 Å². The van der Waals surface area contributed by atoms with E-state index in [4.69, 9.17) is 10.5 Å². The summed E-state index contributed by atoms with van der Waals surface area (Å²) in [5.41, 5.74) is 4.70. The van der Waals surface area contributed by atoms with Gasteiger partial charge in [0, 0.05) is 19.2 Å². The van der Waals surface area contributed by atoms with Gasteiger partial charge in [-0.25, -0.2) is 0 Å². The fourth-order valence-electron chi connectivity index (χ4n) is 2.02. The van der Waals surface area contributed by atoms with Crippen LogP contribution >= 0.6 is 0 Å². The molecular weight excluding hydrogens is 267 g/mol. The molecule has 0 heterocycles. The molecule has 1 aromatic carbocycles. The van der Waals surface area contributed by atoms with Crippen LogP contribution in [0.15, 0.2) is 18.2 Å². The first-order valence-corrected chi connectivity index (χ1v) is 6.41. The summed E-state index contributed by atoms with van der Waals surface area (Å²) in [5, 5.41) is 0. The topological polar surface area (TPSA) is 35.2 Å². The summed E-state index contributed by atoms with van der Waals surface area (Å²) < 4.78 is 44.0. The molecule has 0 saturated heterocycles. The smallest absolute Gasteiger partial charge is 0.399 e. The number of hydrogen-bond acceptors (Lipinski definition) is 2. The van der Waals surface area contributed by atoms with Crippen LogP contribution in [0.2, 0.25) is 0 Å². The van der Waals surface area contributed by atoms with Crippen LogP contribution in [0.3, 0.4) is 0 Å². The molecule has 2 N–H and O–H groups in total. The van der Waals surface area contributed by atoms with Crippen LogP contribution in [-0.2, 0) is 17.3 Å². The lowest BCUT2D eigenvalue weighted by molar-refractivity contribution is -0.137. The van der Waals surface area contributed by atoms with Gasteiger partial charge in [-0.15, -0.1) is 0 Å². The first-order chi connectivity index (χ1) is 8.89. The zero-order chi connectivity index (χ0) is 15.8. The molecule has 0 aromatic heterocycles. The van der Waals surface area contributed by atoms with Crippen molar-refractivity contribution in [2.45, 2.75) is 45.9 Å². The van der Waals surface area contributed by atoms with E-state index < -0.39 is 17.3 Å². The molecule has 1 aromatic rings.